The summed E-state index contributed by atoms with van der Waals surface area (Å²) in [6.45, 7) is 30.1. The summed E-state index contributed by atoms with van der Waals surface area (Å²) in [5.74, 6) is 0. The van der Waals surface area contributed by atoms with Crippen LogP contribution in [0.3, 0.4) is 0 Å². The molecule has 0 N–H and O–H groups in total. The molecular formula is C48H59ClZr-4. The molecule has 0 heterocycles. The average molecular weight is 763 g/mol. The van der Waals surface area contributed by atoms with Crippen LogP contribution in [0.5, 0.6) is 0 Å². The van der Waals surface area contributed by atoms with Gasteiger partial charge < -0.3 is 0 Å². The maximum atomic E-state index is 5.51. The Bertz CT molecular complexity index is 1570. The number of hydrogen-bond acceptors (Lipinski definition) is 0. The van der Waals surface area contributed by atoms with Gasteiger partial charge in [0.1, 0.15) is 0 Å². The first kappa shape index (κ1) is 43.6. The minimum atomic E-state index is 0.0968. The normalized spacial score (nSPS) is 12.8. The van der Waals surface area contributed by atoms with Gasteiger partial charge in [-0.05, 0) is 39.4 Å². The van der Waals surface area contributed by atoms with Crippen molar-refractivity contribution in [1.29, 1.82) is 0 Å². The van der Waals surface area contributed by atoms with E-state index >= 15 is 0 Å². The summed E-state index contributed by atoms with van der Waals surface area (Å²) in [4.78, 5) is 0. The topological polar surface area (TPSA) is 0 Å². The van der Waals surface area contributed by atoms with E-state index in [2.05, 4.69) is 143 Å². The van der Waals surface area contributed by atoms with Crippen LogP contribution < -0.4 is 0 Å². The van der Waals surface area contributed by atoms with Crippen LogP contribution in [0.2, 0.25) is 5.02 Å². The van der Waals surface area contributed by atoms with Crippen LogP contribution in [0.4, 0.5) is 0 Å². The monoisotopic (exact) mass is 760 g/mol. The van der Waals surface area contributed by atoms with Gasteiger partial charge in [0.05, 0.1) is 0 Å². The Morgan fingerprint density at radius 2 is 1.24 bits per heavy atom. The average Bonchev–Trinajstić information content (AvgIpc) is 3.72. The summed E-state index contributed by atoms with van der Waals surface area (Å²) in [7, 11) is 0. The zero-order valence-corrected chi connectivity index (χ0v) is 36.3. The Labute approximate surface area is 326 Å². The van der Waals surface area contributed by atoms with Crippen LogP contribution in [0, 0.1) is 31.2 Å². The predicted octanol–water partition coefficient (Wildman–Crippen LogP) is 13.5. The third-order valence-corrected chi connectivity index (χ3v) is 8.61. The molecular weight excluding hydrogens is 703 g/mol. The van der Waals surface area contributed by atoms with Crippen LogP contribution in [-0.2, 0) is 52.3 Å². The molecule has 0 radical (unpaired) electrons. The molecule has 2 aliphatic carbocycles. The second-order valence-corrected chi connectivity index (χ2v) is 17.4. The van der Waals surface area contributed by atoms with Crippen LogP contribution in [0.1, 0.15) is 128 Å². The summed E-state index contributed by atoms with van der Waals surface area (Å²) >= 11 is 6.81. The molecule has 2 heteroatoms. The van der Waals surface area contributed by atoms with Gasteiger partial charge in [0.25, 0.3) is 0 Å². The third-order valence-electron chi connectivity index (χ3n) is 8.37. The zero-order valence-electron chi connectivity index (χ0n) is 33.1. The third kappa shape index (κ3) is 13.2. The molecule has 0 amide bonds. The van der Waals surface area contributed by atoms with Crippen molar-refractivity contribution in [3.8, 4) is 11.1 Å². The van der Waals surface area contributed by atoms with Gasteiger partial charge in [-0.2, -0.15) is 102 Å². The van der Waals surface area contributed by atoms with Crippen molar-refractivity contribution in [2.24, 2.45) is 0 Å². The number of benzene rings is 4. The van der Waals surface area contributed by atoms with Gasteiger partial charge in [-0.15, -0.1) is 23.1 Å². The fourth-order valence-corrected chi connectivity index (χ4v) is 5.94. The second kappa shape index (κ2) is 18.8. The summed E-state index contributed by atoms with van der Waals surface area (Å²) in [6.07, 6.45) is 11.0. The Balaban J connectivity index is 0.000000329. The Hall–Kier alpha value is -2.60. The Morgan fingerprint density at radius 1 is 0.680 bits per heavy atom. The number of aryl methyl sites for hydroxylation is 1. The number of allylic oxidation sites excluding steroid dienone is 4. The first-order valence-corrected chi connectivity index (χ1v) is 19.7. The standard InChI is InChI=1S/C29H41.C7H7.C6H4Cl.C5H5.CH2.Zr/c1-26(2,3)22-14-18-13-19-15-23(27(4,5)6)25(29(10,11)12)17-21(19)20(18)16-24(22)28(7,8)9;1-7-5-3-2-4-6-7;7-6-4-2-1-3-5-6;1-2-4-5-3-1;;/h14,16-17H,13H2,1-12H3;3-6H,1H3;1-2,4-5H;1-3H,4H2;1H2;/q4*-1;;. The van der Waals surface area contributed by atoms with E-state index in [1.54, 1.807) is 6.07 Å². The van der Waals surface area contributed by atoms with Crippen LogP contribution >= 0.6 is 11.6 Å². The first-order chi connectivity index (χ1) is 23.2. The molecule has 0 nitrogen and oxygen atoms in total. The van der Waals surface area contributed by atoms with Crippen molar-refractivity contribution < 1.29 is 24.2 Å². The molecule has 4 aromatic rings. The van der Waals surface area contributed by atoms with Crippen molar-refractivity contribution in [3.05, 3.63) is 153 Å². The molecule has 0 spiro atoms. The first-order valence-electron chi connectivity index (χ1n) is 17.6. The van der Waals surface area contributed by atoms with Gasteiger partial charge in [0.2, 0.25) is 0 Å². The fourth-order valence-electron chi connectivity index (χ4n) is 5.81. The molecule has 6 rings (SSSR count). The Morgan fingerprint density at radius 3 is 1.60 bits per heavy atom. The van der Waals surface area contributed by atoms with Crippen molar-refractivity contribution in [2.45, 2.75) is 125 Å². The molecule has 0 fully saturated rings. The Kier molecular flexibility index (Phi) is 16.3. The van der Waals surface area contributed by atoms with Crippen LogP contribution in [0.15, 0.2) is 85.0 Å². The van der Waals surface area contributed by atoms with Gasteiger partial charge >= 0.3 is 28.4 Å². The van der Waals surface area contributed by atoms with Gasteiger partial charge in [0.15, 0.2) is 0 Å². The van der Waals surface area contributed by atoms with Crippen molar-refractivity contribution in [1.82, 2.24) is 0 Å². The van der Waals surface area contributed by atoms with Gasteiger partial charge in [-0.1, -0.05) is 118 Å². The number of rotatable bonds is 0. The van der Waals surface area contributed by atoms with E-state index in [9.17, 15) is 0 Å². The SMILES string of the molecule is CC(C)(C)c1[c-]c2c(cc1C(C)(C)C)-c1cc(C(C)(C)C)c(C(C)(C)C)cc1C2.Cc1cc[c-]cc1.Clc1c[c-]ccc1.[C-]1=CC=CC1.[CH2]=[Zr]. The summed E-state index contributed by atoms with van der Waals surface area (Å²) in [6, 6.07) is 32.2. The van der Waals surface area contributed by atoms with Crippen molar-refractivity contribution in [2.75, 3.05) is 0 Å². The summed E-state index contributed by atoms with van der Waals surface area (Å²) in [5.41, 5.74) is 13.2. The van der Waals surface area contributed by atoms with E-state index in [1.807, 2.05) is 54.6 Å². The molecule has 4 aromatic carbocycles. The van der Waals surface area contributed by atoms with E-state index < -0.39 is 0 Å². The summed E-state index contributed by atoms with van der Waals surface area (Å²) in [5, 5.41) is 0.738. The maximum absolute atomic E-state index is 5.51. The van der Waals surface area contributed by atoms with Gasteiger partial charge in [0, 0.05) is 0 Å². The van der Waals surface area contributed by atoms with E-state index in [0.717, 1.165) is 17.9 Å². The number of hydrogen-bond donors (Lipinski definition) is 0. The molecule has 50 heavy (non-hydrogen) atoms. The van der Waals surface area contributed by atoms with Crippen molar-refractivity contribution >= 4 is 15.8 Å². The van der Waals surface area contributed by atoms with Crippen LogP contribution in [-0.4, -0.2) is 4.21 Å². The molecule has 0 saturated heterocycles. The quantitative estimate of drug-likeness (QED) is 0.138. The molecule has 266 valence electrons. The zero-order chi connectivity index (χ0) is 37.9. The predicted molar refractivity (Wildman–Crippen MR) is 217 cm³/mol. The molecule has 0 atom stereocenters. The van der Waals surface area contributed by atoms with Crippen LogP contribution in [0.25, 0.3) is 11.1 Å². The molecule has 0 aromatic heterocycles. The minimum absolute atomic E-state index is 0.0968. The van der Waals surface area contributed by atoms with Crippen molar-refractivity contribution in [3.63, 3.8) is 0 Å². The van der Waals surface area contributed by atoms with E-state index in [0.29, 0.717) is 0 Å². The fraction of sp³-hybridized carbons (Fsp3) is 0.396. The number of fused-ring (bicyclic) bond motifs is 3. The van der Waals surface area contributed by atoms with E-state index in [4.69, 9.17) is 11.6 Å². The molecule has 0 bridgehead atoms. The number of halogens is 1. The molecule has 0 aliphatic heterocycles. The molecule has 0 saturated carbocycles. The van der Waals surface area contributed by atoms with E-state index in [1.165, 1.54) is 74.3 Å². The molecule has 2 aliphatic rings. The second-order valence-electron chi connectivity index (χ2n) is 17.0. The van der Waals surface area contributed by atoms with Gasteiger partial charge in [-0.25, -0.2) is 12.2 Å². The summed E-state index contributed by atoms with van der Waals surface area (Å²) < 4.78 is 3.34. The van der Waals surface area contributed by atoms with Gasteiger partial charge in [-0.3, -0.25) is 6.08 Å². The van der Waals surface area contributed by atoms with E-state index in [-0.39, 0.29) is 21.7 Å². The molecule has 0 unspecified atom stereocenters.